The molecule has 0 aliphatic heterocycles. The molecule has 7 heteroatoms. The third kappa shape index (κ3) is 5.02. The summed E-state index contributed by atoms with van der Waals surface area (Å²) in [5.74, 6) is 0.0708. The van der Waals surface area contributed by atoms with Gasteiger partial charge in [0.05, 0.1) is 24.2 Å². The van der Waals surface area contributed by atoms with Gasteiger partial charge in [-0.05, 0) is 18.6 Å². The number of aliphatic hydroxyl groups excluding tert-OH is 1. The first kappa shape index (κ1) is 18.4. The van der Waals surface area contributed by atoms with Gasteiger partial charge in [-0.25, -0.2) is 0 Å². The first-order valence-corrected chi connectivity index (χ1v) is 8.18. The Hall–Kier alpha value is -1.96. The lowest BCUT2D eigenvalue weighted by Gasteiger charge is -2.14. The number of benzene rings is 2. The van der Waals surface area contributed by atoms with Crippen molar-refractivity contribution >= 4 is 21.6 Å². The summed E-state index contributed by atoms with van der Waals surface area (Å²) < 4.78 is 11.5. The van der Waals surface area contributed by atoms with Crippen molar-refractivity contribution in [1.29, 1.82) is 0 Å². The summed E-state index contributed by atoms with van der Waals surface area (Å²) in [6.45, 7) is 2.40. The van der Waals surface area contributed by atoms with E-state index in [-0.39, 0.29) is 24.7 Å². The summed E-state index contributed by atoms with van der Waals surface area (Å²) in [4.78, 5) is 10.7. The van der Waals surface area contributed by atoms with E-state index in [9.17, 15) is 15.2 Å². The molecule has 0 fully saturated rings. The van der Waals surface area contributed by atoms with Gasteiger partial charge >= 0.3 is 5.69 Å². The van der Waals surface area contributed by atoms with Crippen LogP contribution in [-0.2, 0) is 11.3 Å². The Morgan fingerprint density at radius 1 is 1.25 bits per heavy atom. The molecule has 2 rings (SSSR count). The summed E-state index contributed by atoms with van der Waals surface area (Å²) in [6, 6.07) is 12.6. The zero-order valence-corrected chi connectivity index (χ0v) is 14.7. The quantitative estimate of drug-likeness (QED) is 0.414. The minimum Gasteiger partial charge on any atom is -0.484 e. The molecule has 0 amide bonds. The highest BCUT2D eigenvalue weighted by Gasteiger charge is 2.23. The van der Waals surface area contributed by atoms with E-state index in [1.54, 1.807) is 6.07 Å². The van der Waals surface area contributed by atoms with Gasteiger partial charge in [-0.15, -0.1) is 0 Å². The number of hydrogen-bond donors (Lipinski definition) is 1. The smallest absolute Gasteiger partial charge is 0.312 e. The van der Waals surface area contributed by atoms with Crippen LogP contribution in [0, 0.1) is 10.1 Å². The predicted octanol–water partition coefficient (Wildman–Crippen LogP) is 4.01. The van der Waals surface area contributed by atoms with Crippen LogP contribution in [0.5, 0.6) is 5.75 Å². The van der Waals surface area contributed by atoms with Crippen LogP contribution in [-0.4, -0.2) is 23.2 Å². The van der Waals surface area contributed by atoms with Crippen LogP contribution in [0.4, 0.5) is 5.69 Å². The van der Waals surface area contributed by atoms with Crippen molar-refractivity contribution in [3.8, 4) is 5.75 Å². The highest BCUT2D eigenvalue weighted by Crippen LogP contribution is 2.37. The molecule has 0 saturated heterocycles. The molecule has 0 aliphatic carbocycles. The van der Waals surface area contributed by atoms with E-state index in [2.05, 4.69) is 15.9 Å². The molecule has 0 aromatic heterocycles. The Labute approximate surface area is 148 Å². The lowest BCUT2D eigenvalue weighted by Crippen LogP contribution is -2.10. The minimum absolute atomic E-state index is 0.0708. The van der Waals surface area contributed by atoms with Crippen molar-refractivity contribution in [2.75, 3.05) is 13.2 Å². The van der Waals surface area contributed by atoms with Gasteiger partial charge in [-0.3, -0.25) is 10.1 Å². The van der Waals surface area contributed by atoms with E-state index < -0.39 is 11.0 Å². The van der Waals surface area contributed by atoms with Crippen LogP contribution in [0.1, 0.15) is 24.2 Å². The Morgan fingerprint density at radius 3 is 2.58 bits per heavy atom. The Bertz CT molecular complexity index is 691. The van der Waals surface area contributed by atoms with Crippen LogP contribution in [0.25, 0.3) is 0 Å². The van der Waals surface area contributed by atoms with E-state index in [0.29, 0.717) is 16.6 Å². The summed E-state index contributed by atoms with van der Waals surface area (Å²) in [7, 11) is 0. The lowest BCUT2D eigenvalue weighted by molar-refractivity contribution is -0.386. The molecule has 0 heterocycles. The highest BCUT2D eigenvalue weighted by molar-refractivity contribution is 9.10. The highest BCUT2D eigenvalue weighted by atomic mass is 79.9. The monoisotopic (exact) mass is 395 g/mol. The third-order valence-electron chi connectivity index (χ3n) is 3.30. The molecule has 6 nitrogen and oxygen atoms in total. The largest absolute Gasteiger partial charge is 0.484 e. The van der Waals surface area contributed by atoms with Crippen molar-refractivity contribution < 1.29 is 19.5 Å². The molecule has 1 N–H and O–H groups in total. The predicted molar refractivity (Wildman–Crippen MR) is 93.0 cm³/mol. The fourth-order valence-electron chi connectivity index (χ4n) is 2.17. The Morgan fingerprint density at radius 2 is 1.96 bits per heavy atom. The molecule has 0 aliphatic rings. The fourth-order valence-corrected chi connectivity index (χ4v) is 2.63. The molecule has 2 aromatic rings. The number of nitrogens with zero attached hydrogens (tertiary/aromatic N) is 1. The minimum atomic E-state index is -0.888. The molecule has 1 unspecified atom stereocenters. The second kappa shape index (κ2) is 8.77. The van der Waals surface area contributed by atoms with E-state index >= 15 is 0 Å². The van der Waals surface area contributed by atoms with Crippen LogP contribution < -0.4 is 4.74 Å². The number of hydrogen-bond acceptors (Lipinski definition) is 5. The second-order valence-electron chi connectivity index (χ2n) is 5.16. The molecule has 2 aromatic carbocycles. The van der Waals surface area contributed by atoms with Crippen molar-refractivity contribution in [2.24, 2.45) is 0 Å². The van der Waals surface area contributed by atoms with Gasteiger partial charge in [0.1, 0.15) is 6.61 Å². The first-order valence-electron chi connectivity index (χ1n) is 7.39. The van der Waals surface area contributed by atoms with Crippen molar-refractivity contribution in [2.45, 2.75) is 19.6 Å². The average Bonchev–Trinajstić information content (AvgIpc) is 2.55. The zero-order valence-electron chi connectivity index (χ0n) is 13.1. The van der Waals surface area contributed by atoms with Gasteiger partial charge in [0, 0.05) is 16.1 Å². The molecule has 128 valence electrons. The van der Waals surface area contributed by atoms with Gasteiger partial charge in [-0.2, -0.15) is 0 Å². The maximum Gasteiger partial charge on any atom is 0.312 e. The van der Waals surface area contributed by atoms with Crippen LogP contribution in [0.3, 0.4) is 0 Å². The normalized spacial score (nSPS) is 12.0. The summed E-state index contributed by atoms with van der Waals surface area (Å²) in [6.07, 6.45) is -0.888. The topological polar surface area (TPSA) is 81.8 Å². The standard InChI is InChI=1S/C17H18BrNO5/c1-12(20)15-9-14(18)10-16(19(21)22)17(15)24-8-7-23-11-13-5-3-2-4-6-13/h2-6,9-10,12,20H,7-8,11H2,1H3. The maximum absolute atomic E-state index is 11.2. The van der Waals surface area contributed by atoms with Gasteiger partial charge in [0.15, 0.2) is 0 Å². The summed E-state index contributed by atoms with van der Waals surface area (Å²) in [5.41, 5.74) is 1.21. The number of nitro groups is 1. The molecule has 0 radical (unpaired) electrons. The summed E-state index contributed by atoms with van der Waals surface area (Å²) >= 11 is 3.21. The number of ether oxygens (including phenoxy) is 2. The number of rotatable bonds is 8. The summed E-state index contributed by atoms with van der Waals surface area (Å²) in [5, 5.41) is 21.0. The number of nitro benzene ring substituents is 1. The average molecular weight is 396 g/mol. The molecule has 1 atom stereocenters. The van der Waals surface area contributed by atoms with Gasteiger partial charge in [0.2, 0.25) is 5.75 Å². The van der Waals surface area contributed by atoms with Gasteiger partial charge in [0.25, 0.3) is 0 Å². The van der Waals surface area contributed by atoms with Crippen LogP contribution in [0.2, 0.25) is 0 Å². The molecule has 0 bridgehead atoms. The Kier molecular flexibility index (Phi) is 6.72. The van der Waals surface area contributed by atoms with Crippen molar-refractivity contribution in [1.82, 2.24) is 0 Å². The molecule has 24 heavy (non-hydrogen) atoms. The van der Waals surface area contributed by atoms with E-state index in [1.165, 1.54) is 13.0 Å². The first-order chi connectivity index (χ1) is 11.5. The van der Waals surface area contributed by atoms with Crippen LogP contribution >= 0.6 is 15.9 Å². The van der Waals surface area contributed by atoms with Crippen molar-refractivity contribution in [3.63, 3.8) is 0 Å². The fraction of sp³-hybridized carbons (Fsp3) is 0.294. The maximum atomic E-state index is 11.2. The lowest BCUT2D eigenvalue weighted by atomic mass is 10.1. The van der Waals surface area contributed by atoms with E-state index in [1.807, 2.05) is 30.3 Å². The van der Waals surface area contributed by atoms with E-state index in [0.717, 1.165) is 5.56 Å². The third-order valence-corrected chi connectivity index (χ3v) is 3.75. The molecular weight excluding hydrogens is 378 g/mol. The van der Waals surface area contributed by atoms with Gasteiger partial charge < -0.3 is 14.6 Å². The second-order valence-corrected chi connectivity index (χ2v) is 6.08. The SMILES string of the molecule is CC(O)c1cc(Br)cc([N+](=O)[O-])c1OCCOCc1ccccc1. The Balaban J connectivity index is 1.99. The molecule has 0 saturated carbocycles. The number of halogens is 1. The molecule has 0 spiro atoms. The molecular formula is C17H18BrNO5. The number of aliphatic hydroxyl groups is 1. The van der Waals surface area contributed by atoms with Crippen LogP contribution in [0.15, 0.2) is 46.9 Å². The van der Waals surface area contributed by atoms with Gasteiger partial charge in [-0.1, -0.05) is 46.3 Å². The zero-order chi connectivity index (χ0) is 17.5. The van der Waals surface area contributed by atoms with E-state index in [4.69, 9.17) is 9.47 Å². The van der Waals surface area contributed by atoms with Crippen molar-refractivity contribution in [3.05, 3.63) is 68.2 Å².